The van der Waals surface area contributed by atoms with Crippen molar-refractivity contribution in [2.45, 2.75) is 13.2 Å². The zero-order valence-electron chi connectivity index (χ0n) is 18.3. The maximum Gasteiger partial charge on any atom is 0.195 e. The number of thiazole rings is 1. The van der Waals surface area contributed by atoms with E-state index >= 15 is 0 Å². The van der Waals surface area contributed by atoms with Crippen molar-refractivity contribution < 1.29 is 4.74 Å². The van der Waals surface area contributed by atoms with Gasteiger partial charge in [0.15, 0.2) is 11.1 Å². The lowest BCUT2D eigenvalue weighted by molar-refractivity contribution is 0.306. The van der Waals surface area contributed by atoms with E-state index in [2.05, 4.69) is 27.4 Å². The van der Waals surface area contributed by atoms with Crippen molar-refractivity contribution >= 4 is 45.7 Å². The number of halogens is 1. The minimum atomic E-state index is 0. The highest BCUT2D eigenvalue weighted by atomic mass is 35.5. The molecule has 0 unspecified atom stereocenters. The maximum absolute atomic E-state index is 6.06. The number of aromatic amines is 1. The lowest BCUT2D eigenvalue weighted by atomic mass is 10.1. The van der Waals surface area contributed by atoms with Gasteiger partial charge >= 0.3 is 0 Å². The highest BCUT2D eigenvalue weighted by molar-refractivity contribution is 7.14. The molecule has 4 N–H and O–H groups in total. The molecule has 0 saturated heterocycles. The van der Waals surface area contributed by atoms with Gasteiger partial charge in [-0.1, -0.05) is 60.7 Å². The van der Waals surface area contributed by atoms with Gasteiger partial charge in [-0.2, -0.15) is 0 Å². The Morgan fingerprint density at radius 2 is 1.74 bits per heavy atom. The summed E-state index contributed by atoms with van der Waals surface area (Å²) in [7, 11) is 0. The van der Waals surface area contributed by atoms with Gasteiger partial charge in [0, 0.05) is 28.0 Å². The second-order valence-corrected chi connectivity index (χ2v) is 8.39. The number of fused-ring (bicyclic) bond motifs is 1. The molecule has 5 aromatic rings. The van der Waals surface area contributed by atoms with Crippen molar-refractivity contribution in [2.24, 2.45) is 10.7 Å². The molecule has 0 bridgehead atoms. The summed E-state index contributed by atoms with van der Waals surface area (Å²) in [5.74, 6) is 1.16. The summed E-state index contributed by atoms with van der Waals surface area (Å²) in [6.45, 7) is 1.05. The van der Waals surface area contributed by atoms with Gasteiger partial charge in [0.05, 0.1) is 12.2 Å². The molecule has 172 valence electrons. The van der Waals surface area contributed by atoms with Crippen molar-refractivity contribution in [1.29, 1.82) is 0 Å². The lowest BCUT2D eigenvalue weighted by Gasteiger charge is -2.07. The van der Waals surface area contributed by atoms with Crippen molar-refractivity contribution in [3.63, 3.8) is 0 Å². The summed E-state index contributed by atoms with van der Waals surface area (Å²) < 4.78 is 6.01. The first-order valence-electron chi connectivity index (χ1n) is 10.6. The van der Waals surface area contributed by atoms with Crippen LogP contribution in [0.5, 0.6) is 5.75 Å². The Morgan fingerprint density at radius 1 is 1.00 bits per heavy atom. The summed E-state index contributed by atoms with van der Waals surface area (Å²) in [5.41, 5.74) is 11.2. The van der Waals surface area contributed by atoms with E-state index in [1.807, 2.05) is 78.3 Å². The van der Waals surface area contributed by atoms with Gasteiger partial charge in [0.25, 0.3) is 0 Å². The number of aromatic nitrogens is 2. The van der Waals surface area contributed by atoms with Gasteiger partial charge in [-0.15, -0.1) is 23.7 Å². The maximum atomic E-state index is 6.06. The van der Waals surface area contributed by atoms with Crippen LogP contribution < -0.4 is 15.8 Å². The van der Waals surface area contributed by atoms with Crippen LogP contribution in [0.4, 0.5) is 5.13 Å². The first kappa shape index (κ1) is 23.4. The molecule has 3 aromatic carbocycles. The van der Waals surface area contributed by atoms with Gasteiger partial charge in [-0.25, -0.2) is 9.98 Å². The number of ether oxygens (including phenoxy) is 1. The number of anilines is 1. The molecular formula is C26H24ClN5OS. The Balaban J connectivity index is 0.00000274. The van der Waals surface area contributed by atoms with Gasteiger partial charge in [0.2, 0.25) is 0 Å². The summed E-state index contributed by atoms with van der Waals surface area (Å²) in [4.78, 5) is 12.4. The van der Waals surface area contributed by atoms with E-state index in [1.165, 1.54) is 11.3 Å². The van der Waals surface area contributed by atoms with E-state index in [1.54, 1.807) is 0 Å². The number of rotatable bonds is 7. The lowest BCUT2D eigenvalue weighted by Crippen LogP contribution is -2.22. The number of nitrogens with zero attached hydrogens (tertiary/aromatic N) is 2. The molecule has 0 aliphatic heterocycles. The molecule has 0 fully saturated rings. The molecule has 0 spiro atoms. The summed E-state index contributed by atoms with van der Waals surface area (Å²) in [6, 6.07) is 26.2. The summed E-state index contributed by atoms with van der Waals surface area (Å²) in [6.07, 6.45) is 1.97. The van der Waals surface area contributed by atoms with Crippen LogP contribution in [0.25, 0.3) is 22.2 Å². The topological polar surface area (TPSA) is 88.3 Å². The van der Waals surface area contributed by atoms with Crippen LogP contribution in [0, 0.1) is 0 Å². The number of hydrogen-bond acceptors (Lipinski definition) is 4. The Bertz CT molecular complexity index is 1380. The van der Waals surface area contributed by atoms with E-state index in [-0.39, 0.29) is 12.4 Å². The van der Waals surface area contributed by atoms with Crippen molar-refractivity contribution in [2.75, 3.05) is 5.32 Å². The van der Waals surface area contributed by atoms with Crippen LogP contribution in [0.2, 0.25) is 0 Å². The predicted molar refractivity (Wildman–Crippen MR) is 143 cm³/mol. The number of benzene rings is 3. The Labute approximate surface area is 208 Å². The molecule has 2 aromatic heterocycles. The zero-order valence-corrected chi connectivity index (χ0v) is 19.9. The molecule has 8 heteroatoms. The Morgan fingerprint density at radius 3 is 2.50 bits per heavy atom. The number of guanidine groups is 1. The molecule has 34 heavy (non-hydrogen) atoms. The second-order valence-electron chi connectivity index (χ2n) is 7.53. The van der Waals surface area contributed by atoms with Crippen molar-refractivity contribution in [3.8, 4) is 17.0 Å². The predicted octanol–water partition coefficient (Wildman–Crippen LogP) is 6.22. The van der Waals surface area contributed by atoms with Crippen LogP contribution in [-0.2, 0) is 13.2 Å². The van der Waals surface area contributed by atoms with E-state index < -0.39 is 0 Å². The third kappa shape index (κ3) is 5.57. The van der Waals surface area contributed by atoms with Crippen LogP contribution in [0.15, 0.2) is 95.4 Å². The average Bonchev–Trinajstić information content (AvgIpc) is 3.49. The highest BCUT2D eigenvalue weighted by Crippen LogP contribution is 2.33. The van der Waals surface area contributed by atoms with Gasteiger partial charge in [0.1, 0.15) is 12.4 Å². The van der Waals surface area contributed by atoms with Crippen LogP contribution in [0.1, 0.15) is 11.1 Å². The number of nitrogens with one attached hydrogen (secondary N) is 2. The highest BCUT2D eigenvalue weighted by Gasteiger charge is 2.12. The zero-order chi connectivity index (χ0) is 22.5. The smallest absolute Gasteiger partial charge is 0.195 e. The van der Waals surface area contributed by atoms with Gasteiger partial charge in [-0.3, -0.25) is 0 Å². The van der Waals surface area contributed by atoms with E-state index in [0.717, 1.165) is 39.0 Å². The summed E-state index contributed by atoms with van der Waals surface area (Å²) >= 11 is 1.49. The molecule has 6 nitrogen and oxygen atoms in total. The SMILES string of the molecule is Cl.NC(=NCc1ccccc1)Nc1nc(-c2c[nH]c3ccc(OCc4ccccc4)cc23)cs1. The second kappa shape index (κ2) is 10.9. The van der Waals surface area contributed by atoms with Gasteiger partial charge < -0.3 is 20.8 Å². The van der Waals surface area contributed by atoms with E-state index in [4.69, 9.17) is 15.5 Å². The van der Waals surface area contributed by atoms with E-state index in [9.17, 15) is 0 Å². The number of aliphatic imine (C=N–C) groups is 1. The molecule has 0 atom stereocenters. The van der Waals surface area contributed by atoms with Crippen molar-refractivity contribution in [3.05, 3.63) is 102 Å². The fourth-order valence-electron chi connectivity index (χ4n) is 3.51. The first-order valence-corrected chi connectivity index (χ1v) is 11.5. The average molecular weight is 490 g/mol. The van der Waals surface area contributed by atoms with Crippen LogP contribution in [-0.4, -0.2) is 15.9 Å². The first-order chi connectivity index (χ1) is 16.2. The minimum Gasteiger partial charge on any atom is -0.489 e. The standard InChI is InChI=1S/C26H23N5OS.ClH/c27-25(29-14-18-7-3-1-4-8-18)31-26-30-24(17-33-26)22-15-28-23-12-11-20(13-21(22)23)32-16-19-9-5-2-6-10-19;/h1-13,15,17,28H,14,16H2,(H3,27,29,30,31);1H. The molecule has 0 aliphatic carbocycles. The fourth-order valence-corrected chi connectivity index (χ4v) is 4.22. The molecule has 0 radical (unpaired) electrons. The molecular weight excluding hydrogens is 466 g/mol. The molecule has 0 aliphatic rings. The van der Waals surface area contributed by atoms with Crippen molar-refractivity contribution in [1.82, 2.24) is 9.97 Å². The molecule has 2 heterocycles. The molecule has 5 rings (SSSR count). The summed E-state index contributed by atoms with van der Waals surface area (Å²) in [5, 5.41) is 6.86. The molecule has 0 saturated carbocycles. The number of hydrogen-bond donors (Lipinski definition) is 3. The Hall–Kier alpha value is -3.81. The third-order valence-electron chi connectivity index (χ3n) is 5.19. The third-order valence-corrected chi connectivity index (χ3v) is 5.95. The Kier molecular flexibility index (Phi) is 7.47. The largest absolute Gasteiger partial charge is 0.489 e. The normalized spacial score (nSPS) is 11.2. The monoisotopic (exact) mass is 489 g/mol. The number of nitrogens with two attached hydrogens (primary N) is 1. The fraction of sp³-hybridized carbons (Fsp3) is 0.0769. The quantitative estimate of drug-likeness (QED) is 0.187. The number of H-pyrrole nitrogens is 1. The van der Waals surface area contributed by atoms with Crippen LogP contribution >= 0.6 is 23.7 Å². The van der Waals surface area contributed by atoms with Gasteiger partial charge in [-0.05, 0) is 29.3 Å². The minimum absolute atomic E-state index is 0. The molecule has 0 amide bonds. The van der Waals surface area contributed by atoms with Crippen LogP contribution in [0.3, 0.4) is 0 Å². The van der Waals surface area contributed by atoms with E-state index in [0.29, 0.717) is 24.2 Å².